The van der Waals surface area contributed by atoms with E-state index in [0.717, 1.165) is 0 Å². The summed E-state index contributed by atoms with van der Waals surface area (Å²) in [6.07, 6.45) is -3.85. The molecule has 0 rings (SSSR count). The van der Waals surface area contributed by atoms with Gasteiger partial charge in [0, 0.05) is 33.9 Å². The van der Waals surface area contributed by atoms with Gasteiger partial charge in [-0.2, -0.15) is 13.2 Å². The number of amides is 2. The monoisotopic (exact) mass is 272 g/mol. The Labute approximate surface area is 104 Å². The van der Waals surface area contributed by atoms with Crippen LogP contribution in [0.4, 0.5) is 18.0 Å². The van der Waals surface area contributed by atoms with E-state index in [1.54, 1.807) is 0 Å². The third-order valence-corrected chi connectivity index (χ3v) is 2.07. The number of rotatable bonds is 8. The summed E-state index contributed by atoms with van der Waals surface area (Å²) in [4.78, 5) is 12.8. The molecule has 8 heteroatoms. The molecule has 2 amide bonds. The van der Waals surface area contributed by atoms with Crippen molar-refractivity contribution in [2.75, 3.05) is 47.1 Å². The first kappa shape index (κ1) is 17.0. The fourth-order valence-electron chi connectivity index (χ4n) is 1.20. The van der Waals surface area contributed by atoms with E-state index >= 15 is 0 Å². The molecule has 0 heterocycles. The Morgan fingerprint density at radius 2 is 1.78 bits per heavy atom. The van der Waals surface area contributed by atoms with Crippen LogP contribution in [0.3, 0.4) is 0 Å². The molecule has 1 N–H and O–H groups in total. The van der Waals surface area contributed by atoms with Crippen molar-refractivity contribution in [3.8, 4) is 0 Å². The van der Waals surface area contributed by atoms with Gasteiger partial charge in [-0.3, -0.25) is 0 Å². The minimum absolute atomic E-state index is 0.240. The Hall–Kier alpha value is -1.02. The smallest absolute Gasteiger partial charge is 0.385 e. The van der Waals surface area contributed by atoms with Crippen LogP contribution in [0.5, 0.6) is 0 Å². The molecule has 0 aromatic heterocycles. The minimum Gasteiger partial charge on any atom is -0.385 e. The molecule has 0 aliphatic heterocycles. The molecule has 108 valence electrons. The summed E-state index contributed by atoms with van der Waals surface area (Å²) in [6.45, 7) is -0.0627. The van der Waals surface area contributed by atoms with Crippen LogP contribution in [0.1, 0.15) is 6.42 Å². The summed E-state index contributed by atoms with van der Waals surface area (Å²) in [5.74, 6) is 0. The van der Waals surface area contributed by atoms with Crippen LogP contribution in [0.2, 0.25) is 0 Å². The van der Waals surface area contributed by atoms with Gasteiger partial charge in [-0.05, 0) is 6.42 Å². The van der Waals surface area contributed by atoms with E-state index in [-0.39, 0.29) is 13.2 Å². The number of hydrogen-bond acceptors (Lipinski definition) is 3. The largest absolute Gasteiger partial charge is 0.405 e. The van der Waals surface area contributed by atoms with Crippen LogP contribution in [0.25, 0.3) is 0 Å². The molecule has 0 aliphatic carbocycles. The van der Waals surface area contributed by atoms with E-state index in [1.807, 2.05) is 5.32 Å². The second-order valence-corrected chi connectivity index (χ2v) is 3.60. The highest BCUT2D eigenvalue weighted by Crippen LogP contribution is 2.12. The van der Waals surface area contributed by atoms with E-state index in [2.05, 4.69) is 0 Å². The van der Waals surface area contributed by atoms with Gasteiger partial charge in [0.1, 0.15) is 6.54 Å². The number of halogens is 3. The number of nitrogens with one attached hydrogen (secondary N) is 1. The number of carbonyl (C=O) groups excluding carboxylic acids is 1. The number of hydrogen-bond donors (Lipinski definition) is 1. The molecule has 0 unspecified atom stereocenters. The average molecular weight is 272 g/mol. The van der Waals surface area contributed by atoms with Gasteiger partial charge in [0.15, 0.2) is 0 Å². The van der Waals surface area contributed by atoms with Crippen LogP contribution in [0.15, 0.2) is 0 Å². The molecule has 0 fully saturated rings. The summed E-state index contributed by atoms with van der Waals surface area (Å²) in [6, 6.07) is -0.750. The lowest BCUT2D eigenvalue weighted by Gasteiger charge is -2.23. The summed E-state index contributed by atoms with van der Waals surface area (Å²) in [5, 5.41) is 1.82. The Bertz CT molecular complexity index is 237. The molecule has 0 bridgehead atoms. The maximum atomic E-state index is 12.0. The second-order valence-electron chi connectivity index (χ2n) is 3.60. The normalized spacial score (nSPS) is 11.4. The molecule has 0 aromatic rings. The number of ether oxygens (including phenoxy) is 2. The third kappa shape index (κ3) is 9.06. The summed E-state index contributed by atoms with van der Waals surface area (Å²) >= 11 is 0. The van der Waals surface area contributed by atoms with Crippen molar-refractivity contribution in [1.82, 2.24) is 10.2 Å². The van der Waals surface area contributed by atoms with Gasteiger partial charge in [-0.15, -0.1) is 0 Å². The van der Waals surface area contributed by atoms with E-state index in [1.165, 1.54) is 19.1 Å². The molecule has 0 saturated carbocycles. The van der Waals surface area contributed by atoms with Gasteiger partial charge in [-0.25, -0.2) is 4.79 Å². The highest BCUT2D eigenvalue weighted by Gasteiger charge is 2.28. The van der Waals surface area contributed by atoms with Crippen LogP contribution in [-0.4, -0.2) is 64.2 Å². The third-order valence-electron chi connectivity index (χ3n) is 2.07. The molecular weight excluding hydrogens is 253 g/mol. The summed E-state index contributed by atoms with van der Waals surface area (Å²) in [5.41, 5.74) is 0. The quantitative estimate of drug-likeness (QED) is 0.676. The molecule has 0 aromatic carbocycles. The zero-order valence-electron chi connectivity index (χ0n) is 10.5. The zero-order valence-corrected chi connectivity index (χ0v) is 10.5. The van der Waals surface area contributed by atoms with Crippen molar-refractivity contribution in [2.45, 2.75) is 12.6 Å². The van der Waals surface area contributed by atoms with Crippen molar-refractivity contribution in [2.24, 2.45) is 0 Å². The van der Waals surface area contributed by atoms with Gasteiger partial charge in [0.25, 0.3) is 0 Å². The first-order valence-corrected chi connectivity index (χ1v) is 5.48. The standard InChI is InChI=1S/C10H19F3N2O3/c1-17-6-3-4-15(5-7-18-2)9(16)14-8-10(11,12)13/h3-8H2,1-2H3,(H,14,16). The predicted molar refractivity (Wildman–Crippen MR) is 59.4 cm³/mol. The van der Waals surface area contributed by atoms with Crippen LogP contribution < -0.4 is 5.32 Å². The van der Waals surface area contributed by atoms with Crippen LogP contribution in [0, 0.1) is 0 Å². The molecule has 0 saturated heterocycles. The SMILES string of the molecule is COCCCN(CCOC)C(=O)NCC(F)(F)F. The maximum absolute atomic E-state index is 12.0. The highest BCUT2D eigenvalue weighted by molar-refractivity contribution is 5.74. The van der Waals surface area contributed by atoms with Crippen LogP contribution >= 0.6 is 0 Å². The fourth-order valence-corrected chi connectivity index (χ4v) is 1.20. The first-order valence-electron chi connectivity index (χ1n) is 5.48. The Kier molecular flexibility index (Phi) is 8.47. The Morgan fingerprint density at radius 3 is 2.28 bits per heavy atom. The lowest BCUT2D eigenvalue weighted by Crippen LogP contribution is -2.45. The number of nitrogens with zero attached hydrogens (tertiary/aromatic N) is 1. The fraction of sp³-hybridized carbons (Fsp3) is 0.900. The predicted octanol–water partition coefficient (Wildman–Crippen LogP) is 1.24. The van der Waals surface area contributed by atoms with Crippen molar-refractivity contribution in [3.63, 3.8) is 0 Å². The lowest BCUT2D eigenvalue weighted by molar-refractivity contribution is -0.123. The van der Waals surface area contributed by atoms with E-state index < -0.39 is 18.8 Å². The molecule has 0 atom stereocenters. The van der Waals surface area contributed by atoms with Gasteiger partial charge >= 0.3 is 12.2 Å². The topological polar surface area (TPSA) is 50.8 Å². The molecule has 0 radical (unpaired) electrons. The second kappa shape index (κ2) is 8.98. The number of carbonyl (C=O) groups is 1. The van der Waals surface area contributed by atoms with Gasteiger partial charge in [-0.1, -0.05) is 0 Å². The van der Waals surface area contributed by atoms with Crippen molar-refractivity contribution in [3.05, 3.63) is 0 Å². The molecule has 5 nitrogen and oxygen atoms in total. The van der Waals surface area contributed by atoms with Crippen molar-refractivity contribution < 1.29 is 27.4 Å². The number of alkyl halides is 3. The minimum atomic E-state index is -4.41. The Morgan fingerprint density at radius 1 is 1.17 bits per heavy atom. The van der Waals surface area contributed by atoms with Crippen molar-refractivity contribution in [1.29, 1.82) is 0 Å². The van der Waals surface area contributed by atoms with Gasteiger partial charge in [0.2, 0.25) is 0 Å². The molecule has 0 spiro atoms. The van der Waals surface area contributed by atoms with E-state index in [0.29, 0.717) is 19.6 Å². The lowest BCUT2D eigenvalue weighted by atomic mass is 10.4. The zero-order chi connectivity index (χ0) is 14.0. The Balaban J connectivity index is 4.12. The van der Waals surface area contributed by atoms with Crippen molar-refractivity contribution >= 4 is 6.03 Å². The van der Waals surface area contributed by atoms with Gasteiger partial charge in [0.05, 0.1) is 6.61 Å². The van der Waals surface area contributed by atoms with Gasteiger partial charge < -0.3 is 19.7 Å². The number of urea groups is 1. The summed E-state index contributed by atoms with van der Waals surface area (Å²) in [7, 11) is 2.98. The van der Waals surface area contributed by atoms with Crippen LogP contribution in [-0.2, 0) is 9.47 Å². The average Bonchev–Trinajstić information content (AvgIpc) is 2.29. The summed E-state index contributed by atoms with van der Waals surface area (Å²) < 4.78 is 45.5. The first-order chi connectivity index (χ1) is 8.40. The number of methoxy groups -OCH3 is 2. The molecule has 18 heavy (non-hydrogen) atoms. The van der Waals surface area contributed by atoms with E-state index in [9.17, 15) is 18.0 Å². The maximum Gasteiger partial charge on any atom is 0.405 e. The highest BCUT2D eigenvalue weighted by atomic mass is 19.4. The molecule has 0 aliphatic rings. The van der Waals surface area contributed by atoms with E-state index in [4.69, 9.17) is 9.47 Å². The molecular formula is C10H19F3N2O3.